The Bertz CT molecular complexity index is 285. The molecule has 5 heteroatoms. The summed E-state index contributed by atoms with van der Waals surface area (Å²) in [6.45, 7) is 4.00. The Kier molecular flexibility index (Phi) is 4.15. The highest BCUT2D eigenvalue weighted by molar-refractivity contribution is 6.02. The van der Waals surface area contributed by atoms with Crippen molar-refractivity contribution in [3.05, 3.63) is 0 Å². The Morgan fingerprint density at radius 2 is 2.25 bits per heavy atom. The van der Waals surface area contributed by atoms with Crippen molar-refractivity contribution < 1.29 is 10.0 Å². The molecule has 1 fully saturated rings. The zero-order chi connectivity index (χ0) is 12.2. The van der Waals surface area contributed by atoms with E-state index in [9.17, 15) is 4.79 Å². The minimum absolute atomic E-state index is 0.00211. The van der Waals surface area contributed by atoms with E-state index in [2.05, 4.69) is 10.5 Å². The summed E-state index contributed by atoms with van der Waals surface area (Å²) in [5.41, 5.74) is 5.44. The summed E-state index contributed by atoms with van der Waals surface area (Å²) in [6, 6.07) is 0. The fraction of sp³-hybridized carbons (Fsp3) is 0.818. The standard InChI is InChI=1S/C11H21N3O2/c1-3-5-8(9(12)14-16)10(15)13-11(2)6-4-7-11/h8,16H,3-7H2,1-2H3,(H2,12,14)(H,13,15). The van der Waals surface area contributed by atoms with E-state index < -0.39 is 5.92 Å². The molecule has 1 aliphatic carbocycles. The maximum Gasteiger partial charge on any atom is 0.231 e. The first-order valence-corrected chi connectivity index (χ1v) is 5.82. The van der Waals surface area contributed by atoms with Crippen molar-refractivity contribution in [2.75, 3.05) is 0 Å². The smallest absolute Gasteiger partial charge is 0.231 e. The van der Waals surface area contributed by atoms with Gasteiger partial charge in [-0.05, 0) is 32.6 Å². The average Bonchev–Trinajstić information content (AvgIpc) is 2.22. The molecule has 5 nitrogen and oxygen atoms in total. The summed E-state index contributed by atoms with van der Waals surface area (Å²) in [4.78, 5) is 12.0. The van der Waals surface area contributed by atoms with Crippen LogP contribution in [0.3, 0.4) is 0 Å². The number of carbonyl (C=O) groups is 1. The second-order valence-corrected chi connectivity index (χ2v) is 4.77. The molecule has 1 rings (SSSR count). The number of oxime groups is 1. The van der Waals surface area contributed by atoms with E-state index >= 15 is 0 Å². The second-order valence-electron chi connectivity index (χ2n) is 4.77. The van der Waals surface area contributed by atoms with Crippen molar-refractivity contribution in [1.82, 2.24) is 5.32 Å². The average molecular weight is 227 g/mol. The molecule has 0 aromatic rings. The predicted octanol–water partition coefficient (Wildman–Crippen LogP) is 1.21. The van der Waals surface area contributed by atoms with E-state index in [1.54, 1.807) is 0 Å². The molecule has 0 saturated heterocycles. The largest absolute Gasteiger partial charge is 0.409 e. The highest BCUT2D eigenvalue weighted by atomic mass is 16.4. The molecular weight excluding hydrogens is 206 g/mol. The number of hydrogen-bond donors (Lipinski definition) is 3. The van der Waals surface area contributed by atoms with Crippen LogP contribution in [0.1, 0.15) is 46.0 Å². The Morgan fingerprint density at radius 1 is 1.62 bits per heavy atom. The van der Waals surface area contributed by atoms with Crippen LogP contribution in [0.2, 0.25) is 0 Å². The van der Waals surface area contributed by atoms with Gasteiger partial charge in [-0.25, -0.2) is 0 Å². The van der Waals surface area contributed by atoms with Gasteiger partial charge < -0.3 is 16.3 Å². The van der Waals surface area contributed by atoms with Gasteiger partial charge in [-0.3, -0.25) is 4.79 Å². The Labute approximate surface area is 96.1 Å². The summed E-state index contributed by atoms with van der Waals surface area (Å²) >= 11 is 0. The summed E-state index contributed by atoms with van der Waals surface area (Å²) in [6.07, 6.45) is 4.60. The third kappa shape index (κ3) is 2.87. The summed E-state index contributed by atoms with van der Waals surface area (Å²) < 4.78 is 0. The molecule has 0 spiro atoms. The van der Waals surface area contributed by atoms with Gasteiger partial charge in [0.2, 0.25) is 5.91 Å². The topological polar surface area (TPSA) is 87.7 Å². The fourth-order valence-corrected chi connectivity index (χ4v) is 1.99. The fourth-order valence-electron chi connectivity index (χ4n) is 1.99. The van der Waals surface area contributed by atoms with Gasteiger partial charge in [0.25, 0.3) is 0 Å². The van der Waals surface area contributed by atoms with Crippen LogP contribution in [-0.4, -0.2) is 22.5 Å². The molecule has 4 N–H and O–H groups in total. The molecule has 16 heavy (non-hydrogen) atoms. The Balaban J connectivity index is 2.60. The number of hydrogen-bond acceptors (Lipinski definition) is 3. The number of amidine groups is 1. The van der Waals surface area contributed by atoms with E-state index in [4.69, 9.17) is 10.9 Å². The van der Waals surface area contributed by atoms with Crippen molar-refractivity contribution in [1.29, 1.82) is 0 Å². The SMILES string of the molecule is CCCC(C(=O)NC1(C)CCC1)C(N)=NO. The number of nitrogens with two attached hydrogens (primary N) is 1. The van der Waals surface area contributed by atoms with Crippen molar-refractivity contribution in [2.24, 2.45) is 16.8 Å². The number of amides is 1. The Morgan fingerprint density at radius 3 is 2.62 bits per heavy atom. The van der Waals surface area contributed by atoms with Crippen LogP contribution in [0.4, 0.5) is 0 Å². The first kappa shape index (κ1) is 12.8. The van der Waals surface area contributed by atoms with E-state index in [1.165, 1.54) is 0 Å². The van der Waals surface area contributed by atoms with Gasteiger partial charge in [-0.2, -0.15) is 0 Å². The minimum atomic E-state index is -0.507. The summed E-state index contributed by atoms with van der Waals surface area (Å²) in [5.74, 6) is -0.631. The van der Waals surface area contributed by atoms with Gasteiger partial charge in [-0.15, -0.1) is 0 Å². The van der Waals surface area contributed by atoms with Crippen LogP contribution < -0.4 is 11.1 Å². The van der Waals surface area contributed by atoms with Crippen molar-refractivity contribution in [3.63, 3.8) is 0 Å². The monoisotopic (exact) mass is 227 g/mol. The minimum Gasteiger partial charge on any atom is -0.409 e. The molecule has 92 valence electrons. The lowest BCUT2D eigenvalue weighted by molar-refractivity contribution is -0.126. The highest BCUT2D eigenvalue weighted by Crippen LogP contribution is 2.31. The molecule has 1 saturated carbocycles. The Hall–Kier alpha value is -1.26. The lowest BCUT2D eigenvalue weighted by atomic mass is 9.78. The predicted molar refractivity (Wildman–Crippen MR) is 62.2 cm³/mol. The normalized spacial score (nSPS) is 21.0. The summed E-state index contributed by atoms with van der Waals surface area (Å²) in [7, 11) is 0. The third-order valence-electron chi connectivity index (χ3n) is 3.25. The maximum atomic E-state index is 12.0. The highest BCUT2D eigenvalue weighted by Gasteiger charge is 2.35. The van der Waals surface area contributed by atoms with Gasteiger partial charge in [0.1, 0.15) is 0 Å². The first-order chi connectivity index (χ1) is 7.52. The quantitative estimate of drug-likeness (QED) is 0.285. The molecule has 1 aliphatic rings. The van der Waals surface area contributed by atoms with Gasteiger partial charge in [0, 0.05) is 5.54 Å². The zero-order valence-electron chi connectivity index (χ0n) is 9.99. The molecule has 0 aliphatic heterocycles. The number of nitrogens with one attached hydrogen (secondary N) is 1. The molecule has 0 radical (unpaired) electrons. The molecule has 1 unspecified atom stereocenters. The zero-order valence-corrected chi connectivity index (χ0v) is 9.99. The van der Waals surface area contributed by atoms with Crippen molar-refractivity contribution in [2.45, 2.75) is 51.5 Å². The molecule has 0 bridgehead atoms. The third-order valence-corrected chi connectivity index (χ3v) is 3.25. The van der Waals surface area contributed by atoms with Crippen LogP contribution in [0.25, 0.3) is 0 Å². The molecular formula is C11H21N3O2. The number of nitrogens with zero attached hydrogens (tertiary/aromatic N) is 1. The van der Waals surface area contributed by atoms with Crippen LogP contribution in [-0.2, 0) is 4.79 Å². The number of rotatable bonds is 5. The van der Waals surface area contributed by atoms with E-state index in [1.807, 2.05) is 13.8 Å². The molecule has 0 heterocycles. The lowest BCUT2D eigenvalue weighted by Gasteiger charge is -2.40. The second kappa shape index (κ2) is 5.18. The van der Waals surface area contributed by atoms with Crippen molar-refractivity contribution >= 4 is 11.7 Å². The van der Waals surface area contributed by atoms with E-state index in [0.717, 1.165) is 25.7 Å². The van der Waals surface area contributed by atoms with Crippen LogP contribution >= 0.6 is 0 Å². The number of carbonyl (C=O) groups excluding carboxylic acids is 1. The van der Waals surface area contributed by atoms with E-state index in [-0.39, 0.29) is 17.3 Å². The molecule has 1 amide bonds. The van der Waals surface area contributed by atoms with Gasteiger partial charge in [0.05, 0.1) is 5.92 Å². The van der Waals surface area contributed by atoms with Gasteiger partial charge in [0.15, 0.2) is 5.84 Å². The molecule has 0 aromatic heterocycles. The van der Waals surface area contributed by atoms with Crippen LogP contribution in [0.15, 0.2) is 5.16 Å². The first-order valence-electron chi connectivity index (χ1n) is 5.82. The lowest BCUT2D eigenvalue weighted by Crippen LogP contribution is -2.54. The van der Waals surface area contributed by atoms with Gasteiger partial charge in [-0.1, -0.05) is 18.5 Å². The molecule has 1 atom stereocenters. The van der Waals surface area contributed by atoms with Crippen molar-refractivity contribution in [3.8, 4) is 0 Å². The van der Waals surface area contributed by atoms with Crippen LogP contribution in [0, 0.1) is 5.92 Å². The summed E-state index contributed by atoms with van der Waals surface area (Å²) in [5, 5.41) is 14.6. The van der Waals surface area contributed by atoms with E-state index in [0.29, 0.717) is 6.42 Å². The molecule has 0 aromatic carbocycles. The van der Waals surface area contributed by atoms with Crippen LogP contribution in [0.5, 0.6) is 0 Å². The maximum absolute atomic E-state index is 12.0. The van der Waals surface area contributed by atoms with Gasteiger partial charge >= 0.3 is 0 Å².